The molecule has 4 aromatic rings. The number of hydrogen-bond acceptors (Lipinski definition) is 4. The fraction of sp³-hybridized carbons (Fsp3) is 0.120. The second-order valence-corrected chi connectivity index (χ2v) is 7.15. The van der Waals surface area contributed by atoms with E-state index in [0.29, 0.717) is 28.3 Å². The van der Waals surface area contributed by atoms with Crippen molar-refractivity contribution >= 4 is 11.6 Å². The zero-order valence-corrected chi connectivity index (χ0v) is 17.9. The molecule has 1 aromatic heterocycles. The molecule has 0 unspecified atom stereocenters. The summed E-state index contributed by atoms with van der Waals surface area (Å²) in [5.74, 6) is 0.358. The van der Waals surface area contributed by atoms with Crippen molar-refractivity contribution in [1.82, 2.24) is 9.78 Å². The molecule has 0 aliphatic carbocycles. The zero-order chi connectivity index (χ0) is 22.7. The van der Waals surface area contributed by atoms with Gasteiger partial charge in [-0.3, -0.25) is 4.79 Å². The van der Waals surface area contributed by atoms with Crippen LogP contribution < -0.4 is 14.8 Å². The predicted octanol–water partition coefficient (Wildman–Crippen LogP) is 5.26. The molecule has 1 amide bonds. The highest BCUT2D eigenvalue weighted by molar-refractivity contribution is 6.07. The number of rotatable bonds is 6. The van der Waals surface area contributed by atoms with E-state index >= 15 is 0 Å². The van der Waals surface area contributed by atoms with E-state index in [1.54, 1.807) is 44.2 Å². The quantitative estimate of drug-likeness (QED) is 0.453. The van der Waals surface area contributed by atoms with E-state index in [1.807, 2.05) is 36.4 Å². The molecule has 4 rings (SSSR count). The van der Waals surface area contributed by atoms with Crippen LogP contribution in [-0.2, 0) is 0 Å². The molecule has 0 bridgehead atoms. The second-order valence-electron chi connectivity index (χ2n) is 7.15. The van der Waals surface area contributed by atoms with Gasteiger partial charge < -0.3 is 14.8 Å². The molecule has 0 aliphatic rings. The van der Waals surface area contributed by atoms with Gasteiger partial charge in [-0.1, -0.05) is 24.3 Å². The number of benzene rings is 3. The minimum atomic E-state index is -0.404. The van der Waals surface area contributed by atoms with Gasteiger partial charge in [-0.05, 0) is 60.5 Å². The molecule has 32 heavy (non-hydrogen) atoms. The number of carbonyl (C=O) groups excluding carboxylic acids is 1. The lowest BCUT2D eigenvalue weighted by Gasteiger charge is -2.10. The first-order valence-corrected chi connectivity index (χ1v) is 9.95. The van der Waals surface area contributed by atoms with E-state index in [1.165, 1.54) is 18.2 Å². The zero-order valence-electron chi connectivity index (χ0n) is 17.9. The van der Waals surface area contributed by atoms with Gasteiger partial charge in [0.25, 0.3) is 5.91 Å². The number of nitrogens with zero attached hydrogens (tertiary/aromatic N) is 2. The molecule has 1 N–H and O–H groups in total. The Kier molecular flexibility index (Phi) is 5.89. The monoisotopic (exact) mass is 431 g/mol. The molecule has 0 fully saturated rings. The van der Waals surface area contributed by atoms with Gasteiger partial charge in [-0.15, -0.1) is 0 Å². The van der Waals surface area contributed by atoms with E-state index in [0.717, 1.165) is 11.3 Å². The Morgan fingerprint density at radius 2 is 1.72 bits per heavy atom. The first-order chi connectivity index (χ1) is 15.5. The average molecular weight is 431 g/mol. The van der Waals surface area contributed by atoms with Crippen LogP contribution in [0.4, 0.5) is 10.1 Å². The lowest BCUT2D eigenvalue weighted by molar-refractivity contribution is 0.102. The summed E-state index contributed by atoms with van der Waals surface area (Å²) >= 11 is 0. The number of methoxy groups -OCH3 is 2. The minimum Gasteiger partial charge on any atom is -0.493 e. The van der Waals surface area contributed by atoms with Crippen LogP contribution in [0.25, 0.3) is 16.8 Å². The highest BCUT2D eigenvalue weighted by atomic mass is 19.1. The third kappa shape index (κ3) is 4.18. The number of para-hydroxylation sites is 1. The summed E-state index contributed by atoms with van der Waals surface area (Å²) in [6, 6.07) is 19.1. The minimum absolute atomic E-state index is 0.227. The molecule has 1 heterocycles. The van der Waals surface area contributed by atoms with Crippen molar-refractivity contribution in [2.24, 2.45) is 0 Å². The van der Waals surface area contributed by atoms with Crippen molar-refractivity contribution in [1.29, 1.82) is 0 Å². The average Bonchev–Trinajstić information content (AvgIpc) is 3.26. The van der Waals surface area contributed by atoms with Crippen molar-refractivity contribution in [2.75, 3.05) is 19.5 Å². The van der Waals surface area contributed by atoms with E-state index in [9.17, 15) is 9.18 Å². The Hall–Kier alpha value is -4.13. The van der Waals surface area contributed by atoms with Gasteiger partial charge in [0.1, 0.15) is 5.82 Å². The number of anilines is 1. The summed E-state index contributed by atoms with van der Waals surface area (Å²) in [6.07, 6.45) is 1.79. The van der Waals surface area contributed by atoms with Crippen molar-refractivity contribution in [3.63, 3.8) is 0 Å². The topological polar surface area (TPSA) is 65.4 Å². The number of aromatic nitrogens is 2. The Balaban J connectivity index is 1.80. The number of halogens is 1. The van der Waals surface area contributed by atoms with Gasteiger partial charge in [0.05, 0.1) is 19.9 Å². The number of aryl methyl sites for hydroxylation is 1. The largest absolute Gasteiger partial charge is 0.493 e. The maximum Gasteiger partial charge on any atom is 0.276 e. The summed E-state index contributed by atoms with van der Waals surface area (Å²) in [4.78, 5) is 13.2. The molecule has 0 atom stereocenters. The summed E-state index contributed by atoms with van der Waals surface area (Å²) < 4.78 is 25.9. The van der Waals surface area contributed by atoms with Crippen molar-refractivity contribution in [3.05, 3.63) is 90.0 Å². The Labute approximate surface area is 185 Å². The van der Waals surface area contributed by atoms with Gasteiger partial charge in [0.15, 0.2) is 17.2 Å². The van der Waals surface area contributed by atoms with Crippen LogP contribution in [0.2, 0.25) is 0 Å². The van der Waals surface area contributed by atoms with Crippen LogP contribution in [-0.4, -0.2) is 29.9 Å². The lowest BCUT2D eigenvalue weighted by atomic mass is 10.0. The van der Waals surface area contributed by atoms with Crippen molar-refractivity contribution in [3.8, 4) is 28.3 Å². The predicted molar refractivity (Wildman–Crippen MR) is 121 cm³/mol. The molecule has 7 heteroatoms. The smallest absolute Gasteiger partial charge is 0.276 e. The Bertz CT molecular complexity index is 1270. The van der Waals surface area contributed by atoms with Gasteiger partial charge in [0.2, 0.25) is 0 Å². The summed E-state index contributed by atoms with van der Waals surface area (Å²) in [5.41, 5.74) is 3.53. The molecular formula is C25H22FN3O3. The maximum atomic E-state index is 13.5. The van der Waals surface area contributed by atoms with Gasteiger partial charge in [-0.2, -0.15) is 5.10 Å². The first kappa shape index (κ1) is 21.1. The molecule has 0 saturated heterocycles. The van der Waals surface area contributed by atoms with E-state index in [2.05, 4.69) is 10.4 Å². The highest BCUT2D eigenvalue weighted by Gasteiger charge is 2.21. The first-order valence-electron chi connectivity index (χ1n) is 9.95. The fourth-order valence-electron chi connectivity index (χ4n) is 3.42. The number of nitrogens with one attached hydrogen (secondary N) is 1. The third-order valence-corrected chi connectivity index (χ3v) is 5.08. The number of carbonyl (C=O) groups is 1. The van der Waals surface area contributed by atoms with E-state index in [4.69, 9.17) is 9.47 Å². The summed E-state index contributed by atoms with van der Waals surface area (Å²) in [6.45, 7) is 1.73. The van der Waals surface area contributed by atoms with Crippen LogP contribution in [0, 0.1) is 12.7 Å². The van der Waals surface area contributed by atoms with Gasteiger partial charge in [0, 0.05) is 17.4 Å². The van der Waals surface area contributed by atoms with Crippen molar-refractivity contribution < 1.29 is 18.7 Å². The van der Waals surface area contributed by atoms with Crippen LogP contribution in [0.1, 0.15) is 16.1 Å². The fourth-order valence-corrected chi connectivity index (χ4v) is 3.42. The Morgan fingerprint density at radius 1 is 0.969 bits per heavy atom. The lowest BCUT2D eigenvalue weighted by Crippen LogP contribution is -2.15. The molecule has 3 aromatic carbocycles. The normalized spacial score (nSPS) is 10.6. The summed E-state index contributed by atoms with van der Waals surface area (Å²) in [5, 5.41) is 7.40. The van der Waals surface area contributed by atoms with Crippen LogP contribution in [0.3, 0.4) is 0 Å². The maximum absolute atomic E-state index is 13.5. The molecule has 6 nitrogen and oxygen atoms in total. The number of hydrogen-bond donors (Lipinski definition) is 1. The van der Waals surface area contributed by atoms with Crippen LogP contribution >= 0.6 is 0 Å². The molecule has 162 valence electrons. The SMILES string of the molecule is COc1ccc(-c2cn(-c3ccccc3)nc2C(=O)Nc2ccc(F)cc2C)cc1OC. The van der Waals surface area contributed by atoms with Crippen LogP contribution in [0.5, 0.6) is 11.5 Å². The highest BCUT2D eigenvalue weighted by Crippen LogP contribution is 2.34. The van der Waals surface area contributed by atoms with E-state index in [-0.39, 0.29) is 11.5 Å². The third-order valence-electron chi connectivity index (χ3n) is 5.08. The number of amides is 1. The summed E-state index contributed by atoms with van der Waals surface area (Å²) in [7, 11) is 3.12. The van der Waals surface area contributed by atoms with Gasteiger partial charge >= 0.3 is 0 Å². The molecule has 0 saturated carbocycles. The van der Waals surface area contributed by atoms with Crippen molar-refractivity contribution in [2.45, 2.75) is 6.92 Å². The van der Waals surface area contributed by atoms with Gasteiger partial charge in [-0.25, -0.2) is 9.07 Å². The molecule has 0 aliphatic heterocycles. The van der Waals surface area contributed by atoms with E-state index < -0.39 is 5.91 Å². The molecule has 0 spiro atoms. The Morgan fingerprint density at radius 3 is 2.41 bits per heavy atom. The molecule has 0 radical (unpaired) electrons. The standard InChI is InChI=1S/C25H22FN3O3/c1-16-13-18(26)10-11-21(16)27-25(30)24-20(15-29(28-24)19-7-5-4-6-8-19)17-9-12-22(31-2)23(14-17)32-3/h4-15H,1-3H3,(H,27,30). The molecular weight excluding hydrogens is 409 g/mol. The van der Waals surface area contributed by atoms with Crippen LogP contribution in [0.15, 0.2) is 72.9 Å². The second kappa shape index (κ2) is 8.93. The number of ether oxygens (including phenoxy) is 2.